The van der Waals surface area contributed by atoms with Gasteiger partial charge >= 0.3 is 10.2 Å². The molecular weight excluding hydrogens is 180 g/mol. The van der Waals surface area contributed by atoms with Crippen molar-refractivity contribution in [2.75, 3.05) is 13.1 Å². The fourth-order valence-electron chi connectivity index (χ4n) is 0.741. The third kappa shape index (κ3) is 3.05. The van der Waals surface area contributed by atoms with Crippen molar-refractivity contribution >= 4 is 16.2 Å². The molecule has 0 saturated heterocycles. The molecule has 0 aliphatic rings. The van der Waals surface area contributed by atoms with E-state index < -0.39 is 16.2 Å². The van der Waals surface area contributed by atoms with Gasteiger partial charge in [-0.3, -0.25) is 0 Å². The Morgan fingerprint density at radius 1 is 1.33 bits per heavy atom. The zero-order chi connectivity index (χ0) is 9.78. The second kappa shape index (κ2) is 4.27. The predicted octanol–water partition coefficient (Wildman–Crippen LogP) is -1.15. The number of nitrogens with zero attached hydrogens (tertiary/aromatic N) is 2. The Hall–Kier alpha value is -0.820. The summed E-state index contributed by atoms with van der Waals surface area (Å²) in [7, 11) is -3.65. The van der Waals surface area contributed by atoms with Crippen LogP contribution in [0.25, 0.3) is 0 Å². The molecule has 0 aliphatic carbocycles. The first-order valence-corrected chi connectivity index (χ1v) is 4.94. The standard InChI is InChI=1S/C5H14N4O2S/c1-3-9(4-2)12(10,11)8-5(6)7/h3-4H2,1-2H3,(H4,6,7,8). The lowest BCUT2D eigenvalue weighted by atomic mass is 10.7. The second-order valence-corrected chi connectivity index (χ2v) is 3.67. The van der Waals surface area contributed by atoms with E-state index in [9.17, 15) is 8.42 Å². The number of hydrogen-bond acceptors (Lipinski definition) is 2. The normalized spacial score (nSPS) is 11.6. The van der Waals surface area contributed by atoms with Gasteiger partial charge in [-0.2, -0.15) is 12.7 Å². The van der Waals surface area contributed by atoms with Gasteiger partial charge in [0.25, 0.3) is 0 Å². The van der Waals surface area contributed by atoms with Crippen LogP contribution >= 0.6 is 0 Å². The molecule has 0 bridgehead atoms. The molecule has 72 valence electrons. The van der Waals surface area contributed by atoms with Gasteiger partial charge in [-0.25, -0.2) is 0 Å². The SMILES string of the molecule is CCN(CC)S(=O)(=O)N=C(N)N. The Morgan fingerprint density at radius 2 is 1.75 bits per heavy atom. The first-order valence-electron chi connectivity index (χ1n) is 3.55. The minimum absolute atomic E-state index is 0.357. The number of rotatable bonds is 4. The number of nitrogens with two attached hydrogens (primary N) is 2. The highest BCUT2D eigenvalue weighted by atomic mass is 32.2. The first-order chi connectivity index (χ1) is 5.44. The molecule has 0 aliphatic heterocycles. The zero-order valence-corrected chi connectivity index (χ0v) is 8.00. The molecule has 7 heteroatoms. The third-order valence-electron chi connectivity index (χ3n) is 1.25. The highest BCUT2D eigenvalue weighted by molar-refractivity contribution is 7.87. The second-order valence-electron chi connectivity index (χ2n) is 2.08. The summed E-state index contributed by atoms with van der Waals surface area (Å²) in [5, 5.41) is 0. The van der Waals surface area contributed by atoms with E-state index in [1.54, 1.807) is 13.8 Å². The first kappa shape index (κ1) is 11.2. The van der Waals surface area contributed by atoms with Crippen molar-refractivity contribution < 1.29 is 8.42 Å². The Morgan fingerprint density at radius 3 is 2.00 bits per heavy atom. The highest BCUT2D eigenvalue weighted by Crippen LogP contribution is 2.00. The molecule has 0 radical (unpaired) electrons. The number of hydrogen-bond donors (Lipinski definition) is 2. The van der Waals surface area contributed by atoms with Gasteiger partial charge in [-0.15, -0.1) is 4.40 Å². The fourth-order valence-corrected chi connectivity index (χ4v) is 1.78. The summed E-state index contributed by atoms with van der Waals surface area (Å²) in [6, 6.07) is 0. The van der Waals surface area contributed by atoms with Crippen LogP contribution in [-0.4, -0.2) is 31.8 Å². The minimum atomic E-state index is -3.65. The largest absolute Gasteiger partial charge is 0.369 e. The van der Waals surface area contributed by atoms with Crippen LogP contribution in [0.4, 0.5) is 0 Å². The molecule has 4 N–H and O–H groups in total. The van der Waals surface area contributed by atoms with E-state index in [-0.39, 0.29) is 0 Å². The van der Waals surface area contributed by atoms with Gasteiger partial charge in [0.05, 0.1) is 0 Å². The molecule has 0 rings (SSSR count). The summed E-state index contributed by atoms with van der Waals surface area (Å²) in [4.78, 5) is 0. The van der Waals surface area contributed by atoms with Gasteiger partial charge in [0, 0.05) is 13.1 Å². The summed E-state index contributed by atoms with van der Waals surface area (Å²) in [5.41, 5.74) is 9.90. The van der Waals surface area contributed by atoms with E-state index in [0.717, 1.165) is 4.31 Å². The van der Waals surface area contributed by atoms with Gasteiger partial charge < -0.3 is 11.5 Å². The van der Waals surface area contributed by atoms with E-state index in [4.69, 9.17) is 11.5 Å². The van der Waals surface area contributed by atoms with Gasteiger partial charge in [0.15, 0.2) is 0 Å². The van der Waals surface area contributed by atoms with E-state index in [1.165, 1.54) is 0 Å². The van der Waals surface area contributed by atoms with Crippen LogP contribution in [0.2, 0.25) is 0 Å². The smallest absolute Gasteiger partial charge is 0.325 e. The Labute approximate surface area is 72.4 Å². The lowest BCUT2D eigenvalue weighted by molar-refractivity contribution is 0.446. The van der Waals surface area contributed by atoms with Gasteiger partial charge in [-0.1, -0.05) is 13.8 Å². The quantitative estimate of drug-likeness (QED) is 0.435. The van der Waals surface area contributed by atoms with Crippen molar-refractivity contribution in [2.45, 2.75) is 13.8 Å². The van der Waals surface area contributed by atoms with Crippen LogP contribution in [0, 0.1) is 0 Å². The van der Waals surface area contributed by atoms with Crippen LogP contribution in [0.15, 0.2) is 4.40 Å². The summed E-state index contributed by atoms with van der Waals surface area (Å²) < 4.78 is 26.6. The van der Waals surface area contributed by atoms with Crippen LogP contribution in [-0.2, 0) is 10.2 Å². The fraction of sp³-hybridized carbons (Fsp3) is 0.800. The molecule has 0 saturated carbocycles. The molecule has 12 heavy (non-hydrogen) atoms. The van der Waals surface area contributed by atoms with Crippen molar-refractivity contribution in [1.29, 1.82) is 0 Å². The maximum atomic E-state index is 11.2. The molecule has 0 fully saturated rings. The van der Waals surface area contributed by atoms with Crippen LogP contribution in [0.1, 0.15) is 13.8 Å². The average Bonchev–Trinajstić information content (AvgIpc) is 1.85. The van der Waals surface area contributed by atoms with Crippen LogP contribution < -0.4 is 11.5 Å². The molecule has 0 unspecified atom stereocenters. The summed E-state index contributed by atoms with van der Waals surface area (Å²) >= 11 is 0. The van der Waals surface area contributed by atoms with E-state index >= 15 is 0 Å². The van der Waals surface area contributed by atoms with Crippen molar-refractivity contribution in [2.24, 2.45) is 15.9 Å². The van der Waals surface area contributed by atoms with Gasteiger partial charge in [0.1, 0.15) is 0 Å². The van der Waals surface area contributed by atoms with E-state index in [1.807, 2.05) is 0 Å². The van der Waals surface area contributed by atoms with Crippen molar-refractivity contribution in [1.82, 2.24) is 4.31 Å². The van der Waals surface area contributed by atoms with Gasteiger partial charge in [-0.05, 0) is 0 Å². The lowest BCUT2D eigenvalue weighted by Crippen LogP contribution is -2.33. The summed E-state index contributed by atoms with van der Waals surface area (Å²) in [5.74, 6) is -0.443. The molecule has 0 aromatic heterocycles. The summed E-state index contributed by atoms with van der Waals surface area (Å²) in [6.07, 6.45) is 0. The van der Waals surface area contributed by atoms with Crippen LogP contribution in [0.3, 0.4) is 0 Å². The third-order valence-corrected chi connectivity index (χ3v) is 2.86. The van der Waals surface area contributed by atoms with E-state index in [0.29, 0.717) is 13.1 Å². The Bertz CT molecular complexity index is 251. The Balaban J connectivity index is 4.72. The van der Waals surface area contributed by atoms with Crippen molar-refractivity contribution in [3.05, 3.63) is 0 Å². The monoisotopic (exact) mass is 194 g/mol. The predicted molar refractivity (Wildman–Crippen MR) is 47.7 cm³/mol. The zero-order valence-electron chi connectivity index (χ0n) is 7.19. The van der Waals surface area contributed by atoms with Crippen LogP contribution in [0.5, 0.6) is 0 Å². The minimum Gasteiger partial charge on any atom is -0.369 e. The lowest BCUT2D eigenvalue weighted by Gasteiger charge is -2.13. The summed E-state index contributed by atoms with van der Waals surface area (Å²) in [6.45, 7) is 4.14. The molecule has 6 nitrogen and oxygen atoms in total. The topological polar surface area (TPSA) is 102 Å². The molecule has 0 aromatic rings. The van der Waals surface area contributed by atoms with E-state index in [2.05, 4.69) is 4.40 Å². The molecule has 0 amide bonds. The maximum absolute atomic E-state index is 11.2. The molecule has 0 heterocycles. The van der Waals surface area contributed by atoms with Crippen molar-refractivity contribution in [3.63, 3.8) is 0 Å². The van der Waals surface area contributed by atoms with Gasteiger partial charge in [0.2, 0.25) is 5.96 Å². The Kier molecular flexibility index (Phi) is 3.98. The molecular formula is C5H14N4O2S. The number of guanidine groups is 1. The molecule has 0 aromatic carbocycles. The maximum Gasteiger partial charge on any atom is 0.325 e. The van der Waals surface area contributed by atoms with Crippen molar-refractivity contribution in [3.8, 4) is 0 Å². The average molecular weight is 194 g/mol. The molecule has 0 atom stereocenters. The highest BCUT2D eigenvalue weighted by Gasteiger charge is 2.16. The molecule has 0 spiro atoms.